The second-order valence-electron chi connectivity index (χ2n) is 7.94. The molecule has 8 heteroatoms. The van der Waals surface area contributed by atoms with Gasteiger partial charge in [-0.3, -0.25) is 9.58 Å². The fraction of sp³-hybridized carbons (Fsp3) is 0.364. The molecule has 0 spiro atoms. The number of nitrogens with zero attached hydrogens (tertiary/aromatic N) is 6. The van der Waals surface area contributed by atoms with E-state index in [1.54, 1.807) is 17.1 Å². The van der Waals surface area contributed by atoms with Gasteiger partial charge in [-0.25, -0.2) is 14.8 Å². The van der Waals surface area contributed by atoms with Crippen LogP contribution in [0, 0.1) is 13.8 Å². The van der Waals surface area contributed by atoms with Crippen molar-refractivity contribution in [3.8, 4) is 0 Å². The number of aryl methyl sites for hydroxylation is 3. The highest BCUT2D eigenvalue weighted by Crippen LogP contribution is 2.26. The van der Waals surface area contributed by atoms with Crippen LogP contribution in [0.25, 0.3) is 22.0 Å². The lowest BCUT2D eigenvalue weighted by atomic mass is 10.0. The summed E-state index contributed by atoms with van der Waals surface area (Å²) in [6.07, 6.45) is 3.43. The molecule has 0 atom stereocenters. The lowest BCUT2D eigenvalue weighted by Gasteiger charge is -2.35. The number of rotatable bonds is 3. The molecule has 5 rings (SSSR count). The molecule has 0 radical (unpaired) electrons. The normalized spacial score (nSPS) is 15.4. The van der Waals surface area contributed by atoms with Gasteiger partial charge in [0.25, 0.3) is 0 Å². The molecule has 30 heavy (non-hydrogen) atoms. The van der Waals surface area contributed by atoms with Gasteiger partial charge in [0.05, 0.1) is 11.6 Å². The maximum atomic E-state index is 12.2. The summed E-state index contributed by atoms with van der Waals surface area (Å²) in [6.45, 7) is 8.26. The van der Waals surface area contributed by atoms with E-state index in [2.05, 4.69) is 37.0 Å². The Morgan fingerprint density at radius 1 is 1.07 bits per heavy atom. The van der Waals surface area contributed by atoms with Crippen LogP contribution in [0.2, 0.25) is 0 Å². The third kappa shape index (κ3) is 3.13. The predicted octanol–water partition coefficient (Wildman–Crippen LogP) is 2.41. The van der Waals surface area contributed by atoms with Gasteiger partial charge < -0.3 is 9.32 Å². The van der Waals surface area contributed by atoms with Gasteiger partial charge in [-0.1, -0.05) is 12.1 Å². The molecule has 1 aliphatic heterocycles. The summed E-state index contributed by atoms with van der Waals surface area (Å²) < 4.78 is 7.29. The second kappa shape index (κ2) is 7.21. The molecule has 154 valence electrons. The molecule has 3 aromatic heterocycles. The van der Waals surface area contributed by atoms with E-state index in [4.69, 9.17) is 4.42 Å². The van der Waals surface area contributed by atoms with E-state index in [-0.39, 0.29) is 5.63 Å². The topological polar surface area (TPSA) is 80.3 Å². The summed E-state index contributed by atoms with van der Waals surface area (Å²) in [5.74, 6) is 0.935. The van der Waals surface area contributed by atoms with Gasteiger partial charge in [0, 0.05) is 51.2 Å². The van der Waals surface area contributed by atoms with Gasteiger partial charge in [-0.05, 0) is 30.5 Å². The molecular weight excluding hydrogens is 380 g/mol. The Balaban J connectivity index is 1.37. The van der Waals surface area contributed by atoms with Crippen LogP contribution in [-0.2, 0) is 13.6 Å². The molecule has 1 aliphatic rings. The van der Waals surface area contributed by atoms with Gasteiger partial charge in [0.1, 0.15) is 17.7 Å². The van der Waals surface area contributed by atoms with Gasteiger partial charge >= 0.3 is 5.63 Å². The first-order valence-corrected chi connectivity index (χ1v) is 10.1. The van der Waals surface area contributed by atoms with Crippen molar-refractivity contribution in [2.75, 3.05) is 31.1 Å². The largest absolute Gasteiger partial charge is 0.422 e. The number of anilines is 1. The summed E-state index contributed by atoms with van der Waals surface area (Å²) in [6, 6.07) is 5.78. The highest BCUT2D eigenvalue weighted by molar-refractivity contribution is 5.86. The van der Waals surface area contributed by atoms with Crippen molar-refractivity contribution in [2.45, 2.75) is 20.4 Å². The summed E-state index contributed by atoms with van der Waals surface area (Å²) >= 11 is 0. The van der Waals surface area contributed by atoms with Crippen molar-refractivity contribution in [3.05, 3.63) is 57.8 Å². The third-order valence-corrected chi connectivity index (χ3v) is 6.09. The highest BCUT2D eigenvalue weighted by atomic mass is 16.4. The molecule has 0 N–H and O–H groups in total. The number of benzene rings is 1. The van der Waals surface area contributed by atoms with Crippen molar-refractivity contribution in [1.82, 2.24) is 24.6 Å². The van der Waals surface area contributed by atoms with Crippen molar-refractivity contribution in [2.24, 2.45) is 7.05 Å². The van der Waals surface area contributed by atoms with Crippen LogP contribution in [-0.4, -0.2) is 50.8 Å². The van der Waals surface area contributed by atoms with E-state index in [0.29, 0.717) is 5.58 Å². The molecule has 1 saturated heterocycles. The first kappa shape index (κ1) is 18.7. The van der Waals surface area contributed by atoms with E-state index < -0.39 is 0 Å². The zero-order valence-electron chi connectivity index (χ0n) is 17.4. The predicted molar refractivity (Wildman–Crippen MR) is 116 cm³/mol. The Hall–Kier alpha value is -3.26. The maximum absolute atomic E-state index is 12.2. The fourth-order valence-electron chi connectivity index (χ4n) is 4.22. The Morgan fingerprint density at radius 2 is 1.87 bits per heavy atom. The average Bonchev–Trinajstić information content (AvgIpc) is 3.13. The number of aromatic nitrogens is 4. The zero-order valence-corrected chi connectivity index (χ0v) is 17.4. The third-order valence-electron chi connectivity index (χ3n) is 6.09. The highest BCUT2D eigenvalue weighted by Gasteiger charge is 2.22. The lowest BCUT2D eigenvalue weighted by molar-refractivity contribution is 0.250. The lowest BCUT2D eigenvalue weighted by Crippen LogP contribution is -2.46. The Labute approximate surface area is 173 Å². The molecule has 4 aromatic rings. The summed E-state index contributed by atoms with van der Waals surface area (Å²) in [7, 11) is 1.89. The molecule has 0 unspecified atom stereocenters. The molecular formula is C22H24N6O2. The minimum Gasteiger partial charge on any atom is -0.422 e. The standard InChI is InChI=1S/C22H24N6O2/c1-14-4-5-17-16(10-19(29)30-20(17)15(14)2)12-27-6-8-28(9-7-27)22-18-11-25-26(3)21(18)23-13-24-22/h4-5,10-11,13H,6-9,12H2,1-3H3. The van der Waals surface area contributed by atoms with Crippen molar-refractivity contribution in [1.29, 1.82) is 0 Å². The van der Waals surface area contributed by atoms with Gasteiger partial charge in [-0.2, -0.15) is 5.10 Å². The van der Waals surface area contributed by atoms with Gasteiger partial charge in [0.15, 0.2) is 5.65 Å². The summed E-state index contributed by atoms with van der Waals surface area (Å²) in [4.78, 5) is 25.7. The quantitative estimate of drug-likeness (QED) is 0.485. The van der Waals surface area contributed by atoms with Crippen LogP contribution in [0.1, 0.15) is 16.7 Å². The average molecular weight is 404 g/mol. The monoisotopic (exact) mass is 404 g/mol. The first-order chi connectivity index (χ1) is 14.5. The molecule has 1 aromatic carbocycles. The maximum Gasteiger partial charge on any atom is 0.336 e. The molecule has 0 bridgehead atoms. The molecule has 1 fully saturated rings. The fourth-order valence-corrected chi connectivity index (χ4v) is 4.22. The van der Waals surface area contributed by atoms with Crippen molar-refractivity contribution < 1.29 is 4.42 Å². The van der Waals surface area contributed by atoms with E-state index in [1.165, 1.54) is 0 Å². The smallest absolute Gasteiger partial charge is 0.336 e. The van der Waals surface area contributed by atoms with Crippen molar-refractivity contribution >= 4 is 27.8 Å². The van der Waals surface area contributed by atoms with E-state index >= 15 is 0 Å². The van der Waals surface area contributed by atoms with Crippen LogP contribution in [0.3, 0.4) is 0 Å². The minimum absolute atomic E-state index is 0.287. The molecule has 0 aliphatic carbocycles. The van der Waals surface area contributed by atoms with Crippen molar-refractivity contribution in [3.63, 3.8) is 0 Å². The van der Waals surface area contributed by atoms with Crippen LogP contribution in [0.4, 0.5) is 5.82 Å². The van der Waals surface area contributed by atoms with Crippen LogP contribution in [0.5, 0.6) is 0 Å². The van der Waals surface area contributed by atoms with E-state index in [9.17, 15) is 4.79 Å². The van der Waals surface area contributed by atoms with Gasteiger partial charge in [-0.15, -0.1) is 0 Å². The summed E-state index contributed by atoms with van der Waals surface area (Å²) in [5.41, 5.74) is 4.44. The zero-order chi connectivity index (χ0) is 20.8. The number of hydrogen-bond acceptors (Lipinski definition) is 7. The molecule has 8 nitrogen and oxygen atoms in total. The number of hydrogen-bond donors (Lipinski definition) is 0. The SMILES string of the molecule is Cc1ccc2c(CN3CCN(c4ncnc5c4cnn5C)CC3)cc(=O)oc2c1C. The number of piperazine rings is 1. The minimum atomic E-state index is -0.287. The van der Waals surface area contributed by atoms with Crippen LogP contribution >= 0.6 is 0 Å². The van der Waals surface area contributed by atoms with Crippen LogP contribution in [0.15, 0.2) is 39.9 Å². The number of fused-ring (bicyclic) bond motifs is 2. The second-order valence-corrected chi connectivity index (χ2v) is 7.94. The molecule has 4 heterocycles. The Kier molecular flexibility index (Phi) is 4.51. The first-order valence-electron chi connectivity index (χ1n) is 10.1. The molecule has 0 saturated carbocycles. The van der Waals surface area contributed by atoms with E-state index in [1.807, 2.05) is 27.1 Å². The summed E-state index contributed by atoms with van der Waals surface area (Å²) in [5, 5.41) is 6.31. The Bertz CT molecular complexity index is 1300. The van der Waals surface area contributed by atoms with Crippen LogP contribution < -0.4 is 10.5 Å². The van der Waals surface area contributed by atoms with Gasteiger partial charge in [0.2, 0.25) is 0 Å². The van der Waals surface area contributed by atoms with E-state index in [0.717, 1.165) is 71.7 Å². The molecule has 0 amide bonds. The Morgan fingerprint density at radius 3 is 2.67 bits per heavy atom.